The van der Waals surface area contributed by atoms with Crippen molar-refractivity contribution in [2.45, 2.75) is 19.7 Å². The molecule has 7 heteroatoms. The lowest BCUT2D eigenvalue weighted by Gasteiger charge is -2.13. The molecule has 0 N–H and O–H groups in total. The third kappa shape index (κ3) is 2.98. The Morgan fingerprint density at radius 2 is 1.81 bits per heavy atom. The number of halogens is 6. The fraction of sp³-hybridized carbons (Fsp3) is 0.333. The number of hydrogen-bond acceptors (Lipinski definition) is 1. The number of alkyl halides is 5. The molecule has 0 fully saturated rings. The molecule has 0 aliphatic carbocycles. The second-order valence-corrected chi connectivity index (χ2v) is 3.38. The molecule has 90 valence electrons. The van der Waals surface area contributed by atoms with E-state index in [2.05, 4.69) is 4.74 Å². The molecule has 0 radical (unpaired) electrons. The van der Waals surface area contributed by atoms with Crippen LogP contribution < -0.4 is 4.74 Å². The van der Waals surface area contributed by atoms with Crippen molar-refractivity contribution in [2.75, 3.05) is 0 Å². The van der Waals surface area contributed by atoms with E-state index < -0.39 is 29.1 Å². The van der Waals surface area contributed by atoms with Crippen LogP contribution in [0.1, 0.15) is 11.1 Å². The SMILES string of the molecule is Cc1cc(OC(F)F)c(Cl)cc1C(F)(F)F. The molecule has 0 aliphatic rings. The zero-order valence-corrected chi connectivity index (χ0v) is 8.66. The van der Waals surface area contributed by atoms with Crippen molar-refractivity contribution in [3.8, 4) is 5.75 Å². The maximum atomic E-state index is 12.4. The first-order chi connectivity index (χ1) is 7.21. The molecular weight excluding hydrogens is 255 g/mol. The van der Waals surface area contributed by atoms with Crippen LogP contribution in [0.3, 0.4) is 0 Å². The van der Waals surface area contributed by atoms with Gasteiger partial charge in [-0.15, -0.1) is 0 Å². The van der Waals surface area contributed by atoms with Gasteiger partial charge in [-0.2, -0.15) is 22.0 Å². The molecule has 0 aromatic heterocycles. The Morgan fingerprint density at radius 3 is 2.25 bits per heavy atom. The Bertz CT molecular complexity index is 388. The Labute approximate surface area is 92.8 Å². The predicted molar refractivity (Wildman–Crippen MR) is 47.8 cm³/mol. The molecule has 0 aliphatic heterocycles. The van der Waals surface area contributed by atoms with E-state index in [0.717, 1.165) is 13.0 Å². The summed E-state index contributed by atoms with van der Waals surface area (Å²) >= 11 is 5.39. The van der Waals surface area contributed by atoms with E-state index in [4.69, 9.17) is 11.6 Å². The number of hydrogen-bond donors (Lipinski definition) is 0. The van der Waals surface area contributed by atoms with Gasteiger partial charge in [0.05, 0.1) is 10.6 Å². The fourth-order valence-corrected chi connectivity index (χ4v) is 1.35. The molecule has 0 atom stereocenters. The van der Waals surface area contributed by atoms with E-state index in [1.807, 2.05) is 0 Å². The van der Waals surface area contributed by atoms with Crippen molar-refractivity contribution in [3.05, 3.63) is 28.3 Å². The summed E-state index contributed by atoms with van der Waals surface area (Å²) in [6.45, 7) is -1.99. The molecule has 1 rings (SSSR count). The van der Waals surface area contributed by atoms with E-state index in [1.165, 1.54) is 0 Å². The minimum atomic E-state index is -4.57. The van der Waals surface area contributed by atoms with Crippen molar-refractivity contribution >= 4 is 11.6 Å². The quantitative estimate of drug-likeness (QED) is 0.722. The molecular formula is C9H6ClF5O. The summed E-state index contributed by atoms with van der Waals surface area (Å²) in [5.74, 6) is -0.470. The van der Waals surface area contributed by atoms with Crippen LogP contribution in [0.4, 0.5) is 22.0 Å². The molecule has 0 spiro atoms. The molecule has 0 amide bonds. The minimum absolute atomic E-state index is 0.229. The zero-order valence-electron chi connectivity index (χ0n) is 7.91. The summed E-state index contributed by atoms with van der Waals surface area (Å²) in [7, 11) is 0. The van der Waals surface area contributed by atoms with Gasteiger partial charge in [-0.25, -0.2) is 0 Å². The second kappa shape index (κ2) is 4.45. The van der Waals surface area contributed by atoms with Crippen LogP contribution in [-0.2, 0) is 6.18 Å². The largest absolute Gasteiger partial charge is 0.433 e. The van der Waals surface area contributed by atoms with Crippen molar-refractivity contribution in [3.63, 3.8) is 0 Å². The lowest BCUT2D eigenvalue weighted by atomic mass is 10.1. The van der Waals surface area contributed by atoms with Crippen molar-refractivity contribution < 1.29 is 26.7 Å². The normalized spacial score (nSPS) is 12.0. The summed E-state index contributed by atoms with van der Waals surface area (Å²) in [4.78, 5) is 0. The summed E-state index contributed by atoms with van der Waals surface area (Å²) in [6, 6.07) is 1.39. The average Bonchev–Trinajstić information content (AvgIpc) is 2.07. The van der Waals surface area contributed by atoms with Crippen LogP contribution in [0.25, 0.3) is 0 Å². The first-order valence-electron chi connectivity index (χ1n) is 4.04. The summed E-state index contributed by atoms with van der Waals surface area (Å²) in [5.41, 5.74) is -1.20. The number of rotatable bonds is 2. The first-order valence-corrected chi connectivity index (χ1v) is 4.41. The predicted octanol–water partition coefficient (Wildman–Crippen LogP) is 4.27. The maximum Gasteiger partial charge on any atom is 0.416 e. The second-order valence-electron chi connectivity index (χ2n) is 2.97. The Balaban J connectivity index is 3.17. The lowest BCUT2D eigenvalue weighted by Crippen LogP contribution is -2.09. The van der Waals surface area contributed by atoms with Gasteiger partial charge >= 0.3 is 12.8 Å². The highest BCUT2D eigenvalue weighted by molar-refractivity contribution is 6.32. The van der Waals surface area contributed by atoms with Crippen molar-refractivity contribution in [1.82, 2.24) is 0 Å². The molecule has 0 unspecified atom stereocenters. The van der Waals surface area contributed by atoms with Gasteiger partial charge in [-0.05, 0) is 24.6 Å². The Hall–Kier alpha value is -1.04. The van der Waals surface area contributed by atoms with Gasteiger partial charge in [0.25, 0.3) is 0 Å². The van der Waals surface area contributed by atoms with E-state index in [-0.39, 0.29) is 5.56 Å². The van der Waals surface area contributed by atoms with Gasteiger partial charge in [-0.1, -0.05) is 11.6 Å². The highest BCUT2D eigenvalue weighted by Gasteiger charge is 2.33. The molecule has 0 saturated heterocycles. The van der Waals surface area contributed by atoms with Gasteiger partial charge in [0.15, 0.2) is 0 Å². The minimum Gasteiger partial charge on any atom is -0.433 e. The standard InChI is InChI=1S/C9H6ClF5O/c1-4-2-7(16-8(11)12)6(10)3-5(4)9(13,14)15/h2-3,8H,1H3. The van der Waals surface area contributed by atoms with E-state index in [0.29, 0.717) is 6.07 Å². The monoisotopic (exact) mass is 260 g/mol. The van der Waals surface area contributed by atoms with E-state index >= 15 is 0 Å². The van der Waals surface area contributed by atoms with Crippen LogP contribution in [0.5, 0.6) is 5.75 Å². The van der Waals surface area contributed by atoms with Crippen LogP contribution in [-0.4, -0.2) is 6.61 Å². The molecule has 1 nitrogen and oxygen atoms in total. The topological polar surface area (TPSA) is 9.23 Å². The molecule has 1 aromatic rings. The fourth-order valence-electron chi connectivity index (χ4n) is 1.15. The number of aryl methyl sites for hydroxylation is 1. The summed E-state index contributed by atoms with van der Waals surface area (Å²) in [5, 5.41) is -0.502. The van der Waals surface area contributed by atoms with Gasteiger partial charge < -0.3 is 4.74 Å². The van der Waals surface area contributed by atoms with Gasteiger partial charge in [-0.3, -0.25) is 0 Å². The van der Waals surface area contributed by atoms with Crippen molar-refractivity contribution in [2.24, 2.45) is 0 Å². The lowest BCUT2D eigenvalue weighted by molar-refractivity contribution is -0.138. The van der Waals surface area contributed by atoms with Gasteiger partial charge in [0.1, 0.15) is 5.75 Å². The summed E-state index contributed by atoms with van der Waals surface area (Å²) < 4.78 is 64.8. The molecule has 16 heavy (non-hydrogen) atoms. The van der Waals surface area contributed by atoms with Crippen LogP contribution >= 0.6 is 11.6 Å². The van der Waals surface area contributed by atoms with Crippen LogP contribution in [0, 0.1) is 6.92 Å². The van der Waals surface area contributed by atoms with Crippen LogP contribution in [0.15, 0.2) is 12.1 Å². The number of benzene rings is 1. The first kappa shape index (κ1) is 13.0. The van der Waals surface area contributed by atoms with Gasteiger partial charge in [0, 0.05) is 0 Å². The highest BCUT2D eigenvalue weighted by Crippen LogP contribution is 2.37. The van der Waals surface area contributed by atoms with Gasteiger partial charge in [0.2, 0.25) is 0 Å². The molecule has 0 heterocycles. The smallest absolute Gasteiger partial charge is 0.416 e. The molecule has 0 bridgehead atoms. The highest BCUT2D eigenvalue weighted by atomic mass is 35.5. The molecule has 1 aromatic carbocycles. The Morgan fingerprint density at radius 1 is 1.25 bits per heavy atom. The third-order valence-electron chi connectivity index (χ3n) is 1.80. The average molecular weight is 261 g/mol. The maximum absolute atomic E-state index is 12.4. The Kier molecular flexibility index (Phi) is 3.62. The van der Waals surface area contributed by atoms with Crippen LogP contribution in [0.2, 0.25) is 5.02 Å². The summed E-state index contributed by atoms with van der Waals surface area (Å²) in [6.07, 6.45) is -4.57. The van der Waals surface area contributed by atoms with Crippen molar-refractivity contribution in [1.29, 1.82) is 0 Å². The molecule has 0 saturated carbocycles. The van der Waals surface area contributed by atoms with E-state index in [1.54, 1.807) is 0 Å². The zero-order chi connectivity index (χ0) is 12.5. The third-order valence-corrected chi connectivity index (χ3v) is 2.10. The number of ether oxygens (including phenoxy) is 1. The van der Waals surface area contributed by atoms with E-state index in [9.17, 15) is 22.0 Å².